The molecule has 0 amide bonds. The van der Waals surface area contributed by atoms with Gasteiger partial charge in [-0.25, -0.2) is 4.39 Å². The van der Waals surface area contributed by atoms with Crippen molar-refractivity contribution in [2.24, 2.45) is 0 Å². The van der Waals surface area contributed by atoms with Crippen LogP contribution in [0.25, 0.3) is 10.9 Å². The van der Waals surface area contributed by atoms with Crippen LogP contribution in [0.3, 0.4) is 0 Å². The zero-order chi connectivity index (χ0) is 11.2. The molecule has 78 valence electrons. The summed E-state index contributed by atoms with van der Waals surface area (Å²) in [5.41, 5.74) is 1.52. The van der Waals surface area contributed by atoms with Gasteiger partial charge in [-0.1, -0.05) is 11.6 Å². The highest BCUT2D eigenvalue weighted by molar-refractivity contribution is 9.11. The third-order valence-corrected chi connectivity index (χ3v) is 4.03. The minimum atomic E-state index is -0.350. The Morgan fingerprint density at radius 1 is 1.40 bits per heavy atom. The molecule has 0 aliphatic carbocycles. The highest BCUT2D eigenvalue weighted by atomic mass is 79.9. The molecule has 0 atom stereocenters. The molecule has 0 radical (unpaired) electrons. The van der Waals surface area contributed by atoms with Crippen molar-refractivity contribution >= 4 is 54.4 Å². The summed E-state index contributed by atoms with van der Waals surface area (Å²) in [5, 5.41) is 0.813. The van der Waals surface area contributed by atoms with Crippen molar-refractivity contribution in [3.05, 3.63) is 37.6 Å². The second-order valence-corrected chi connectivity index (χ2v) is 5.19. The number of benzene rings is 1. The topological polar surface area (TPSA) is 12.9 Å². The average Bonchev–Trinajstić information content (AvgIpc) is 2.19. The van der Waals surface area contributed by atoms with Crippen molar-refractivity contribution in [3.63, 3.8) is 0 Å². The molecule has 0 spiro atoms. The molecular weight excluding hydrogens is 348 g/mol. The highest BCUT2D eigenvalue weighted by Gasteiger charge is 2.14. The van der Waals surface area contributed by atoms with Crippen LogP contribution in [0, 0.1) is 12.7 Å². The van der Waals surface area contributed by atoms with E-state index < -0.39 is 0 Å². The molecule has 0 unspecified atom stereocenters. The van der Waals surface area contributed by atoms with Gasteiger partial charge in [0.15, 0.2) is 0 Å². The van der Waals surface area contributed by atoms with E-state index in [4.69, 9.17) is 11.6 Å². The second kappa shape index (κ2) is 4.00. The molecule has 0 fully saturated rings. The largest absolute Gasteiger partial charge is 0.254 e. The third-order valence-electron chi connectivity index (χ3n) is 2.12. The Hall–Kier alpha value is -0.190. The molecule has 1 heterocycles. The number of hydrogen-bond acceptors (Lipinski definition) is 1. The summed E-state index contributed by atoms with van der Waals surface area (Å²) in [6.45, 7) is 1.87. The van der Waals surface area contributed by atoms with Crippen molar-refractivity contribution in [3.8, 4) is 0 Å². The predicted molar refractivity (Wildman–Crippen MR) is 66.8 cm³/mol. The monoisotopic (exact) mass is 351 g/mol. The van der Waals surface area contributed by atoms with Crippen LogP contribution in [-0.2, 0) is 0 Å². The number of pyridine rings is 1. The van der Waals surface area contributed by atoms with E-state index in [0.717, 1.165) is 5.56 Å². The number of hydrogen-bond donors (Lipinski definition) is 0. The number of fused-ring (bicyclic) bond motifs is 1. The van der Waals surface area contributed by atoms with E-state index in [0.29, 0.717) is 24.9 Å². The third kappa shape index (κ3) is 1.79. The summed E-state index contributed by atoms with van der Waals surface area (Å²) >= 11 is 12.3. The molecule has 0 bridgehead atoms. The summed E-state index contributed by atoms with van der Waals surface area (Å²) in [7, 11) is 0. The van der Waals surface area contributed by atoms with Gasteiger partial charge in [0.1, 0.15) is 5.82 Å². The van der Waals surface area contributed by atoms with Crippen LogP contribution in [-0.4, -0.2) is 4.98 Å². The van der Waals surface area contributed by atoms with Gasteiger partial charge in [0.05, 0.1) is 24.9 Å². The summed E-state index contributed by atoms with van der Waals surface area (Å²) in [6, 6.07) is 1.70. The summed E-state index contributed by atoms with van der Waals surface area (Å²) in [5.74, 6) is -0.350. The highest BCUT2D eigenvalue weighted by Crippen LogP contribution is 2.35. The van der Waals surface area contributed by atoms with Gasteiger partial charge in [0.2, 0.25) is 0 Å². The number of nitrogens with zero attached hydrogens (tertiary/aromatic N) is 1. The summed E-state index contributed by atoms with van der Waals surface area (Å²) in [4.78, 5) is 4.12. The fourth-order valence-electron chi connectivity index (χ4n) is 1.41. The van der Waals surface area contributed by atoms with Gasteiger partial charge in [-0.05, 0) is 50.4 Å². The van der Waals surface area contributed by atoms with E-state index in [9.17, 15) is 4.39 Å². The van der Waals surface area contributed by atoms with E-state index in [1.807, 2.05) is 6.92 Å². The van der Waals surface area contributed by atoms with Gasteiger partial charge >= 0.3 is 0 Å². The molecule has 0 N–H and O–H groups in total. The predicted octanol–water partition coefficient (Wildman–Crippen LogP) is 4.86. The van der Waals surface area contributed by atoms with E-state index in [1.165, 1.54) is 6.20 Å². The number of aryl methyl sites for hydroxylation is 1. The maximum Gasteiger partial charge on any atom is 0.147 e. The fourth-order valence-corrected chi connectivity index (χ4v) is 2.56. The van der Waals surface area contributed by atoms with Crippen LogP contribution in [0.15, 0.2) is 21.2 Å². The Labute approximate surface area is 108 Å². The van der Waals surface area contributed by atoms with Gasteiger partial charge in [-0.15, -0.1) is 0 Å². The Kier molecular flexibility index (Phi) is 3.01. The minimum Gasteiger partial charge on any atom is -0.254 e. The van der Waals surface area contributed by atoms with Crippen molar-refractivity contribution in [2.45, 2.75) is 6.92 Å². The van der Waals surface area contributed by atoms with Gasteiger partial charge in [0, 0.05) is 6.20 Å². The lowest BCUT2D eigenvalue weighted by Gasteiger charge is -2.07. The lowest BCUT2D eigenvalue weighted by Crippen LogP contribution is -1.91. The Morgan fingerprint density at radius 2 is 2.07 bits per heavy atom. The molecule has 2 rings (SSSR count). The van der Waals surface area contributed by atoms with Gasteiger partial charge < -0.3 is 0 Å². The van der Waals surface area contributed by atoms with E-state index in [-0.39, 0.29) is 5.82 Å². The van der Waals surface area contributed by atoms with Crippen molar-refractivity contribution in [1.29, 1.82) is 0 Å². The standard InChI is InChI=1S/C10H5Br2ClFN/c1-4-2-5(11)9(14)7-8(12)6(13)3-15-10(4)7/h2-3H,1H3. The quantitative estimate of drug-likeness (QED) is 0.659. The first-order valence-corrected chi connectivity index (χ1v) is 6.07. The SMILES string of the molecule is Cc1cc(Br)c(F)c2c(Br)c(Cl)cnc12. The fraction of sp³-hybridized carbons (Fsp3) is 0.100. The van der Waals surface area contributed by atoms with Crippen molar-refractivity contribution < 1.29 is 4.39 Å². The first-order valence-electron chi connectivity index (χ1n) is 4.10. The first-order chi connectivity index (χ1) is 7.02. The van der Waals surface area contributed by atoms with Crippen LogP contribution < -0.4 is 0 Å². The summed E-state index contributed by atoms with van der Waals surface area (Å²) in [6.07, 6.45) is 1.51. The number of rotatable bonds is 0. The molecule has 15 heavy (non-hydrogen) atoms. The molecule has 0 saturated heterocycles. The average molecular weight is 353 g/mol. The van der Waals surface area contributed by atoms with E-state index in [2.05, 4.69) is 36.8 Å². The summed E-state index contributed by atoms with van der Waals surface area (Å²) < 4.78 is 14.8. The van der Waals surface area contributed by atoms with Crippen LogP contribution >= 0.6 is 43.5 Å². The maximum atomic E-state index is 13.8. The number of halogens is 4. The zero-order valence-electron chi connectivity index (χ0n) is 7.61. The molecule has 1 aromatic carbocycles. The Morgan fingerprint density at radius 3 is 2.73 bits per heavy atom. The van der Waals surface area contributed by atoms with Crippen LogP contribution in [0.2, 0.25) is 5.02 Å². The molecular formula is C10H5Br2ClFN. The van der Waals surface area contributed by atoms with E-state index in [1.54, 1.807) is 6.07 Å². The normalized spacial score (nSPS) is 11.0. The minimum absolute atomic E-state index is 0.350. The van der Waals surface area contributed by atoms with Gasteiger partial charge in [-0.3, -0.25) is 4.98 Å². The van der Waals surface area contributed by atoms with Crippen molar-refractivity contribution in [2.75, 3.05) is 0 Å². The smallest absolute Gasteiger partial charge is 0.147 e. The first kappa shape index (κ1) is 11.3. The lowest BCUT2D eigenvalue weighted by molar-refractivity contribution is 0.632. The molecule has 1 nitrogen and oxygen atoms in total. The lowest BCUT2D eigenvalue weighted by atomic mass is 10.1. The molecule has 2 aromatic rings. The Bertz CT molecular complexity index is 549. The van der Waals surface area contributed by atoms with Crippen LogP contribution in [0.1, 0.15) is 5.56 Å². The Balaban J connectivity index is 3.04. The van der Waals surface area contributed by atoms with Crippen LogP contribution in [0.4, 0.5) is 4.39 Å². The molecule has 0 saturated carbocycles. The van der Waals surface area contributed by atoms with Crippen LogP contribution in [0.5, 0.6) is 0 Å². The maximum absolute atomic E-state index is 13.8. The molecule has 5 heteroatoms. The molecule has 0 aliphatic heterocycles. The zero-order valence-corrected chi connectivity index (χ0v) is 11.5. The molecule has 1 aromatic heterocycles. The van der Waals surface area contributed by atoms with Crippen molar-refractivity contribution in [1.82, 2.24) is 4.98 Å². The number of aromatic nitrogens is 1. The molecule has 0 aliphatic rings. The second-order valence-electron chi connectivity index (χ2n) is 3.13. The van der Waals surface area contributed by atoms with Gasteiger partial charge in [-0.2, -0.15) is 0 Å². The van der Waals surface area contributed by atoms with E-state index >= 15 is 0 Å². The van der Waals surface area contributed by atoms with Gasteiger partial charge in [0.25, 0.3) is 0 Å².